The van der Waals surface area contributed by atoms with Crippen LogP contribution in [0, 0.1) is 0 Å². The summed E-state index contributed by atoms with van der Waals surface area (Å²) in [6, 6.07) is 13.4. The number of carbonyl (C=O) groups excluding carboxylic acids is 1. The molecule has 140 valence electrons. The first-order chi connectivity index (χ1) is 12.8. The fourth-order valence-corrected chi connectivity index (χ4v) is 4.36. The summed E-state index contributed by atoms with van der Waals surface area (Å²) < 4.78 is 0. The van der Waals surface area contributed by atoms with Gasteiger partial charge in [-0.1, -0.05) is 35.3 Å². The number of nitrogens with zero attached hydrogens (tertiary/aromatic N) is 1. The van der Waals surface area contributed by atoms with Crippen LogP contribution in [0.2, 0.25) is 10.0 Å². The zero-order valence-electron chi connectivity index (χ0n) is 15.5. The van der Waals surface area contributed by atoms with Crippen LogP contribution in [0.25, 0.3) is 5.57 Å². The molecular formula is C22H22Cl2N2O. The van der Waals surface area contributed by atoms with Gasteiger partial charge in [0.1, 0.15) is 0 Å². The van der Waals surface area contributed by atoms with Gasteiger partial charge < -0.3 is 5.32 Å². The molecule has 5 heteroatoms. The third-order valence-electron chi connectivity index (χ3n) is 5.67. The predicted octanol–water partition coefficient (Wildman–Crippen LogP) is 5.43. The maximum atomic E-state index is 13.0. The van der Waals surface area contributed by atoms with Gasteiger partial charge in [0.05, 0.1) is 5.54 Å². The fraction of sp³-hybridized carbons (Fsp3) is 0.318. The Morgan fingerprint density at radius 2 is 1.89 bits per heavy atom. The fourth-order valence-electron chi connectivity index (χ4n) is 4.00. The van der Waals surface area contributed by atoms with E-state index in [2.05, 4.69) is 22.3 Å². The molecule has 1 aliphatic carbocycles. The summed E-state index contributed by atoms with van der Waals surface area (Å²) in [5.74, 6) is -0.0210. The second kappa shape index (κ2) is 6.97. The first-order valence-electron chi connectivity index (χ1n) is 9.16. The Morgan fingerprint density at radius 3 is 2.67 bits per heavy atom. The van der Waals surface area contributed by atoms with E-state index in [4.69, 9.17) is 23.2 Å². The van der Waals surface area contributed by atoms with Crippen LogP contribution < -0.4 is 5.32 Å². The van der Waals surface area contributed by atoms with Crippen molar-refractivity contribution in [2.45, 2.75) is 32.2 Å². The molecule has 4 rings (SSSR count). The summed E-state index contributed by atoms with van der Waals surface area (Å²) in [6.07, 6.45) is 1.89. The lowest BCUT2D eigenvalue weighted by Gasteiger charge is -2.40. The molecule has 0 saturated heterocycles. The molecular weight excluding hydrogens is 379 g/mol. The van der Waals surface area contributed by atoms with E-state index in [0.29, 0.717) is 5.02 Å². The molecule has 0 radical (unpaired) electrons. The van der Waals surface area contributed by atoms with Crippen molar-refractivity contribution in [1.82, 2.24) is 4.90 Å². The molecule has 1 aliphatic heterocycles. The van der Waals surface area contributed by atoms with Gasteiger partial charge in [-0.25, -0.2) is 0 Å². The molecule has 0 saturated carbocycles. The zero-order chi connectivity index (χ0) is 19.2. The van der Waals surface area contributed by atoms with E-state index in [1.807, 2.05) is 32.0 Å². The van der Waals surface area contributed by atoms with Crippen molar-refractivity contribution < 1.29 is 4.79 Å². The van der Waals surface area contributed by atoms with Gasteiger partial charge in [-0.15, -0.1) is 0 Å². The predicted molar refractivity (Wildman–Crippen MR) is 112 cm³/mol. The van der Waals surface area contributed by atoms with Gasteiger partial charge in [0.2, 0.25) is 5.91 Å². The molecule has 2 aromatic carbocycles. The number of halogens is 2. The third kappa shape index (κ3) is 3.52. The lowest BCUT2D eigenvalue weighted by atomic mass is 9.93. The third-order valence-corrected chi connectivity index (χ3v) is 6.14. The average Bonchev–Trinajstić information content (AvgIpc) is 2.98. The number of nitrogens with one attached hydrogen (secondary N) is 1. The summed E-state index contributed by atoms with van der Waals surface area (Å²) in [5, 5.41) is 4.40. The smallest absolute Gasteiger partial charge is 0.244 e. The van der Waals surface area contributed by atoms with Crippen LogP contribution in [0.5, 0.6) is 0 Å². The molecule has 0 bridgehead atoms. The van der Waals surface area contributed by atoms with E-state index in [0.717, 1.165) is 36.6 Å². The maximum absolute atomic E-state index is 13.0. The number of rotatable bonds is 3. The van der Waals surface area contributed by atoms with Crippen LogP contribution in [0.1, 0.15) is 31.4 Å². The van der Waals surface area contributed by atoms with Crippen molar-refractivity contribution >= 4 is 40.4 Å². The molecule has 3 nitrogen and oxygen atoms in total. The normalized spacial score (nSPS) is 16.9. The van der Waals surface area contributed by atoms with Crippen LogP contribution in [0.3, 0.4) is 0 Å². The maximum Gasteiger partial charge on any atom is 0.244 e. The van der Waals surface area contributed by atoms with Gasteiger partial charge in [0, 0.05) is 28.8 Å². The van der Waals surface area contributed by atoms with Gasteiger partial charge in [0.15, 0.2) is 0 Å². The van der Waals surface area contributed by atoms with E-state index < -0.39 is 5.54 Å². The van der Waals surface area contributed by atoms with Gasteiger partial charge >= 0.3 is 0 Å². The van der Waals surface area contributed by atoms with E-state index in [9.17, 15) is 4.79 Å². The minimum atomic E-state index is -0.618. The first-order valence-corrected chi connectivity index (χ1v) is 9.92. The quantitative estimate of drug-likeness (QED) is 0.744. The van der Waals surface area contributed by atoms with E-state index >= 15 is 0 Å². The number of anilines is 1. The van der Waals surface area contributed by atoms with Gasteiger partial charge in [-0.3, -0.25) is 9.69 Å². The second-order valence-corrected chi connectivity index (χ2v) is 8.63. The van der Waals surface area contributed by atoms with Gasteiger partial charge in [-0.2, -0.15) is 0 Å². The summed E-state index contributed by atoms with van der Waals surface area (Å²) in [4.78, 5) is 15.2. The van der Waals surface area contributed by atoms with Crippen molar-refractivity contribution in [3.63, 3.8) is 0 Å². The van der Waals surface area contributed by atoms with E-state index in [1.54, 1.807) is 12.1 Å². The van der Waals surface area contributed by atoms with Crippen LogP contribution >= 0.6 is 23.2 Å². The monoisotopic (exact) mass is 400 g/mol. The number of benzene rings is 2. The van der Waals surface area contributed by atoms with Crippen molar-refractivity contribution in [2.24, 2.45) is 0 Å². The highest BCUT2D eigenvalue weighted by molar-refractivity contribution is 6.31. The van der Waals surface area contributed by atoms with Crippen LogP contribution in [0.15, 0.2) is 48.0 Å². The molecule has 0 aromatic heterocycles. The van der Waals surface area contributed by atoms with E-state index in [-0.39, 0.29) is 5.91 Å². The van der Waals surface area contributed by atoms with Crippen LogP contribution in [-0.4, -0.2) is 29.4 Å². The first kappa shape index (κ1) is 18.5. The van der Waals surface area contributed by atoms with Crippen molar-refractivity contribution in [1.29, 1.82) is 0 Å². The Bertz CT molecular complexity index is 949. The molecule has 0 atom stereocenters. The Balaban J connectivity index is 1.51. The molecule has 1 N–H and O–H groups in total. The van der Waals surface area contributed by atoms with Gasteiger partial charge in [0.25, 0.3) is 0 Å². The summed E-state index contributed by atoms with van der Waals surface area (Å²) >= 11 is 12.2. The van der Waals surface area contributed by atoms with Crippen molar-refractivity contribution in [3.05, 3.63) is 69.2 Å². The Labute approximate surface area is 170 Å². The minimum absolute atomic E-state index is 0.0210. The lowest BCUT2D eigenvalue weighted by molar-refractivity contribution is -0.126. The summed E-state index contributed by atoms with van der Waals surface area (Å²) in [6.45, 7) is 5.62. The standard InChI is InChI=1S/C22H22Cl2N2O/c1-22(2,21(27)25-18-5-3-4-16(23)11-18)26-9-8-19-15(13-26)10-14-6-7-17(24)12-20(14)19/h3-7,11-12H,8-10,13H2,1-2H3,(H,25,27). The molecule has 1 amide bonds. The molecule has 0 unspecified atom stereocenters. The van der Waals surface area contributed by atoms with Crippen molar-refractivity contribution in [3.8, 4) is 0 Å². The lowest BCUT2D eigenvalue weighted by Crippen LogP contribution is -2.54. The Hall–Kier alpha value is -1.81. The number of carbonyl (C=O) groups is 1. The highest BCUT2D eigenvalue weighted by Crippen LogP contribution is 2.40. The van der Waals surface area contributed by atoms with E-state index in [1.165, 1.54) is 22.3 Å². The molecule has 2 aromatic rings. The van der Waals surface area contributed by atoms with Crippen LogP contribution in [-0.2, 0) is 11.2 Å². The van der Waals surface area contributed by atoms with Gasteiger partial charge in [-0.05, 0) is 79.3 Å². The largest absolute Gasteiger partial charge is 0.324 e. The second-order valence-electron chi connectivity index (χ2n) is 7.76. The number of fused-ring (bicyclic) bond motifs is 2. The Morgan fingerprint density at radius 1 is 1.11 bits per heavy atom. The Kier molecular flexibility index (Phi) is 4.79. The summed E-state index contributed by atoms with van der Waals surface area (Å²) in [7, 11) is 0. The molecule has 0 spiro atoms. The molecule has 1 heterocycles. The molecule has 0 fully saturated rings. The highest BCUT2D eigenvalue weighted by atomic mass is 35.5. The number of amides is 1. The topological polar surface area (TPSA) is 32.3 Å². The van der Waals surface area contributed by atoms with Crippen LogP contribution in [0.4, 0.5) is 5.69 Å². The van der Waals surface area contributed by atoms with Crippen molar-refractivity contribution in [2.75, 3.05) is 18.4 Å². The average molecular weight is 401 g/mol. The summed E-state index contributed by atoms with van der Waals surface area (Å²) in [5.41, 5.74) is 5.55. The number of hydrogen-bond donors (Lipinski definition) is 1. The highest BCUT2D eigenvalue weighted by Gasteiger charge is 2.38. The SMILES string of the molecule is CC(C)(C(=O)Nc1cccc(Cl)c1)N1CCC2=C(Cc3ccc(Cl)cc32)C1. The zero-order valence-corrected chi connectivity index (χ0v) is 17.0. The molecule has 27 heavy (non-hydrogen) atoms. The number of hydrogen-bond acceptors (Lipinski definition) is 2. The minimum Gasteiger partial charge on any atom is -0.324 e. The molecule has 2 aliphatic rings.